The topological polar surface area (TPSA) is 8.17 Å². The Morgan fingerprint density at radius 2 is 0.710 bits per heavy atom. The molecule has 62 heavy (non-hydrogen) atoms. The summed E-state index contributed by atoms with van der Waals surface area (Å²) in [4.78, 5) is 2.47. The fourth-order valence-corrected chi connectivity index (χ4v) is 9.27. The molecule has 0 saturated carbocycles. The highest BCUT2D eigenvalue weighted by atomic mass is 15.2. The van der Waals surface area contributed by atoms with Crippen LogP contribution in [0.2, 0.25) is 0 Å². The number of hydrogen-bond acceptors (Lipinski definition) is 1. The monoisotopic (exact) mass is 790 g/mol. The second-order valence-corrected chi connectivity index (χ2v) is 15.6. The molecular weight excluding hydrogens is 749 g/mol. The van der Waals surface area contributed by atoms with Gasteiger partial charge in [-0.2, -0.15) is 0 Å². The van der Waals surface area contributed by atoms with Gasteiger partial charge in [0.2, 0.25) is 0 Å². The highest BCUT2D eigenvalue weighted by Gasteiger charge is 2.25. The lowest BCUT2D eigenvalue weighted by atomic mass is 9.93. The highest BCUT2D eigenvalue weighted by Crippen LogP contribution is 2.48. The first kappa shape index (κ1) is 36.8. The van der Waals surface area contributed by atoms with Crippen LogP contribution in [0.3, 0.4) is 0 Å². The van der Waals surface area contributed by atoms with Crippen LogP contribution < -0.4 is 4.90 Å². The number of nitrogens with zero attached hydrogens (tertiary/aromatic N) is 2. The van der Waals surface area contributed by atoms with Crippen molar-refractivity contribution in [3.63, 3.8) is 0 Å². The van der Waals surface area contributed by atoms with Crippen LogP contribution >= 0.6 is 0 Å². The van der Waals surface area contributed by atoms with E-state index in [-0.39, 0.29) is 0 Å². The van der Waals surface area contributed by atoms with Crippen LogP contribution in [0.4, 0.5) is 17.1 Å². The molecule has 11 rings (SSSR count). The van der Waals surface area contributed by atoms with Gasteiger partial charge in [-0.3, -0.25) is 0 Å². The maximum atomic E-state index is 2.48. The molecule has 0 fully saturated rings. The van der Waals surface area contributed by atoms with Crippen LogP contribution in [0.25, 0.3) is 83.1 Å². The molecule has 0 amide bonds. The van der Waals surface area contributed by atoms with Gasteiger partial charge in [0, 0.05) is 27.6 Å². The average molecular weight is 791 g/mol. The van der Waals surface area contributed by atoms with E-state index in [9.17, 15) is 0 Å². The Hall–Kier alpha value is -8.20. The number of anilines is 3. The van der Waals surface area contributed by atoms with Crippen molar-refractivity contribution >= 4 is 38.9 Å². The first-order valence-electron chi connectivity index (χ1n) is 21.3. The fourth-order valence-electron chi connectivity index (χ4n) is 9.27. The third-order valence-corrected chi connectivity index (χ3v) is 12.0. The predicted octanol–water partition coefficient (Wildman–Crippen LogP) is 16.6. The molecule has 0 atom stereocenters. The smallest absolute Gasteiger partial charge is 0.0562 e. The van der Waals surface area contributed by atoms with Crippen molar-refractivity contribution < 1.29 is 0 Å². The first-order valence-corrected chi connectivity index (χ1v) is 21.3. The second-order valence-electron chi connectivity index (χ2n) is 15.6. The van der Waals surface area contributed by atoms with Crippen LogP contribution in [0.5, 0.6) is 0 Å². The van der Waals surface area contributed by atoms with Gasteiger partial charge in [0.05, 0.1) is 28.1 Å². The first-order chi connectivity index (χ1) is 30.8. The van der Waals surface area contributed by atoms with Gasteiger partial charge in [0.15, 0.2) is 0 Å². The highest BCUT2D eigenvalue weighted by molar-refractivity contribution is 6.17. The third kappa shape index (κ3) is 6.56. The molecular formula is C60H42N2. The molecule has 1 aromatic heterocycles. The van der Waals surface area contributed by atoms with Crippen LogP contribution in [-0.4, -0.2) is 4.57 Å². The molecule has 0 saturated heterocycles. The van der Waals surface area contributed by atoms with Crippen molar-refractivity contribution in [2.45, 2.75) is 0 Å². The molecule has 292 valence electrons. The predicted molar refractivity (Wildman–Crippen MR) is 263 cm³/mol. The van der Waals surface area contributed by atoms with E-state index < -0.39 is 0 Å². The zero-order valence-corrected chi connectivity index (χ0v) is 34.1. The Kier molecular flexibility index (Phi) is 9.57. The maximum Gasteiger partial charge on any atom is 0.0562 e. The van der Waals surface area contributed by atoms with E-state index in [2.05, 4.69) is 264 Å². The number of para-hydroxylation sites is 2. The summed E-state index contributed by atoms with van der Waals surface area (Å²) >= 11 is 0. The summed E-state index contributed by atoms with van der Waals surface area (Å²) < 4.78 is 2.48. The Morgan fingerprint density at radius 1 is 0.274 bits per heavy atom. The fraction of sp³-hybridized carbons (Fsp3) is 0. The van der Waals surface area contributed by atoms with E-state index in [0.29, 0.717) is 0 Å². The number of hydrogen-bond donors (Lipinski definition) is 0. The van der Waals surface area contributed by atoms with Gasteiger partial charge < -0.3 is 9.47 Å². The summed E-state index contributed by atoms with van der Waals surface area (Å²) in [6.45, 7) is 0. The standard InChI is InChI=1S/C60H42N2/c1-5-21-43(22-6-1)49-29-13-14-30-50(49)46-39-41-48(42-40-46)61(54-34-17-15-31-51(54)44-23-7-2-8-24-44)57-37-20-38-58-60(57)53-32-16-18-35-55(53)62(58)56-36-19-33-52(45-25-9-3-10-26-45)59(56)47-27-11-4-12-28-47/h1-42H. The zero-order valence-electron chi connectivity index (χ0n) is 34.1. The number of benzene rings is 10. The molecule has 1 heterocycles. The molecule has 0 unspecified atom stereocenters. The van der Waals surface area contributed by atoms with Crippen molar-refractivity contribution in [3.05, 3.63) is 255 Å². The van der Waals surface area contributed by atoms with Gasteiger partial charge in [-0.1, -0.05) is 212 Å². The molecule has 2 nitrogen and oxygen atoms in total. The molecule has 0 aliphatic rings. The Bertz CT molecular complexity index is 3310. The van der Waals surface area contributed by atoms with Crippen molar-refractivity contribution in [2.75, 3.05) is 4.90 Å². The molecule has 11 aromatic rings. The van der Waals surface area contributed by atoms with Crippen molar-refractivity contribution in [3.8, 4) is 61.3 Å². The second kappa shape index (κ2) is 16.1. The van der Waals surface area contributed by atoms with Gasteiger partial charge in [-0.15, -0.1) is 0 Å². The summed E-state index contributed by atoms with van der Waals surface area (Å²) in [6, 6.07) is 92.0. The average Bonchev–Trinajstić information content (AvgIpc) is 3.70. The van der Waals surface area contributed by atoms with Crippen LogP contribution in [0.1, 0.15) is 0 Å². The largest absolute Gasteiger partial charge is 0.309 e. The van der Waals surface area contributed by atoms with Crippen molar-refractivity contribution in [1.82, 2.24) is 4.57 Å². The van der Waals surface area contributed by atoms with Gasteiger partial charge in [-0.05, 0) is 87.0 Å². The van der Waals surface area contributed by atoms with Gasteiger partial charge in [0.25, 0.3) is 0 Å². The Balaban J connectivity index is 1.17. The van der Waals surface area contributed by atoms with E-state index in [4.69, 9.17) is 0 Å². The van der Waals surface area contributed by atoms with Gasteiger partial charge in [-0.25, -0.2) is 0 Å². The van der Waals surface area contributed by atoms with Crippen LogP contribution in [0, 0.1) is 0 Å². The quantitative estimate of drug-likeness (QED) is 0.141. The van der Waals surface area contributed by atoms with E-state index in [1.54, 1.807) is 0 Å². The molecule has 2 heteroatoms. The lowest BCUT2D eigenvalue weighted by Crippen LogP contribution is -2.11. The minimum Gasteiger partial charge on any atom is -0.309 e. The normalized spacial score (nSPS) is 11.2. The molecule has 0 bridgehead atoms. The molecule has 10 aromatic carbocycles. The molecule has 0 aliphatic carbocycles. The van der Waals surface area contributed by atoms with E-state index in [1.807, 2.05) is 0 Å². The summed E-state index contributed by atoms with van der Waals surface area (Å²) in [6.07, 6.45) is 0. The van der Waals surface area contributed by atoms with Crippen LogP contribution in [-0.2, 0) is 0 Å². The number of aromatic nitrogens is 1. The lowest BCUT2D eigenvalue weighted by Gasteiger charge is -2.29. The number of rotatable bonds is 9. The van der Waals surface area contributed by atoms with Gasteiger partial charge in [0.1, 0.15) is 0 Å². The SMILES string of the molecule is c1ccc(-c2ccccc2-c2ccc(N(c3ccccc3-c3ccccc3)c3cccc4c3c3ccccc3n4-c3cccc(-c4ccccc4)c3-c3ccccc3)cc2)cc1. The number of fused-ring (bicyclic) bond motifs is 3. The molecule has 0 aliphatic heterocycles. The van der Waals surface area contributed by atoms with Crippen molar-refractivity contribution in [1.29, 1.82) is 0 Å². The lowest BCUT2D eigenvalue weighted by molar-refractivity contribution is 1.18. The minimum absolute atomic E-state index is 1.08. The van der Waals surface area contributed by atoms with E-state index in [0.717, 1.165) is 39.3 Å². The molecule has 0 radical (unpaired) electrons. The van der Waals surface area contributed by atoms with E-state index >= 15 is 0 Å². The molecule has 0 N–H and O–H groups in total. The Labute approximate surface area is 362 Å². The summed E-state index contributed by atoms with van der Waals surface area (Å²) in [5, 5.41) is 2.38. The van der Waals surface area contributed by atoms with Gasteiger partial charge >= 0.3 is 0 Å². The molecule has 0 spiro atoms. The minimum atomic E-state index is 1.08. The summed E-state index contributed by atoms with van der Waals surface area (Å²) in [5.74, 6) is 0. The van der Waals surface area contributed by atoms with E-state index in [1.165, 1.54) is 60.8 Å². The maximum absolute atomic E-state index is 2.48. The third-order valence-electron chi connectivity index (χ3n) is 12.0. The van der Waals surface area contributed by atoms with Crippen LogP contribution in [0.15, 0.2) is 255 Å². The zero-order chi connectivity index (χ0) is 41.2. The van der Waals surface area contributed by atoms with Crippen molar-refractivity contribution in [2.24, 2.45) is 0 Å². The summed E-state index contributed by atoms with van der Waals surface area (Å²) in [7, 11) is 0. The Morgan fingerprint density at radius 3 is 1.35 bits per heavy atom. The summed E-state index contributed by atoms with van der Waals surface area (Å²) in [5.41, 5.74) is 18.6.